The standard InChI is InChI=1S/C21H24F3N3O/c1-14(2)13-18(20(28)26-12-11-25)27-19(21(22,23)24)17-9-7-16(8-10-17)6-5-15-3-4-15/h7-10,14-15,18-19,27H,3-4,12-13H2,1-2H3,(H,26,28)/t18-,19-/m0/s1. The number of nitriles is 1. The molecule has 0 saturated heterocycles. The first-order valence-corrected chi connectivity index (χ1v) is 9.29. The zero-order chi connectivity index (χ0) is 20.7. The normalized spacial score (nSPS) is 15.9. The average Bonchev–Trinajstić information content (AvgIpc) is 3.45. The van der Waals surface area contributed by atoms with E-state index in [4.69, 9.17) is 5.26 Å². The number of nitrogens with zero attached hydrogens (tertiary/aromatic N) is 1. The van der Waals surface area contributed by atoms with Gasteiger partial charge in [0.15, 0.2) is 0 Å². The molecule has 0 spiro atoms. The summed E-state index contributed by atoms with van der Waals surface area (Å²) >= 11 is 0. The Morgan fingerprint density at radius 3 is 2.39 bits per heavy atom. The highest BCUT2D eigenvalue weighted by atomic mass is 19.4. The molecule has 150 valence electrons. The summed E-state index contributed by atoms with van der Waals surface area (Å²) < 4.78 is 41.1. The van der Waals surface area contributed by atoms with Crippen molar-refractivity contribution in [2.75, 3.05) is 6.54 Å². The van der Waals surface area contributed by atoms with E-state index in [1.807, 2.05) is 13.8 Å². The molecule has 1 aliphatic carbocycles. The molecule has 1 fully saturated rings. The number of nitrogens with one attached hydrogen (secondary N) is 2. The van der Waals surface area contributed by atoms with Gasteiger partial charge in [-0.05, 0) is 42.9 Å². The zero-order valence-electron chi connectivity index (χ0n) is 15.9. The molecule has 7 heteroatoms. The van der Waals surface area contributed by atoms with Crippen LogP contribution in [0.2, 0.25) is 0 Å². The van der Waals surface area contributed by atoms with Crippen molar-refractivity contribution in [1.82, 2.24) is 10.6 Å². The van der Waals surface area contributed by atoms with E-state index in [2.05, 4.69) is 22.5 Å². The van der Waals surface area contributed by atoms with Crippen LogP contribution in [0.25, 0.3) is 0 Å². The number of halogens is 3. The highest BCUT2D eigenvalue weighted by molar-refractivity contribution is 5.82. The summed E-state index contributed by atoms with van der Waals surface area (Å²) in [6, 6.07) is 4.62. The lowest BCUT2D eigenvalue weighted by Crippen LogP contribution is -2.49. The van der Waals surface area contributed by atoms with Crippen LogP contribution in [0.15, 0.2) is 24.3 Å². The second-order valence-electron chi connectivity index (χ2n) is 7.36. The summed E-state index contributed by atoms with van der Waals surface area (Å²) in [6.45, 7) is 3.39. The molecule has 1 aliphatic rings. The molecular formula is C21H24F3N3O. The second kappa shape index (κ2) is 9.61. The van der Waals surface area contributed by atoms with Crippen molar-refractivity contribution >= 4 is 5.91 Å². The summed E-state index contributed by atoms with van der Waals surface area (Å²) in [4.78, 5) is 12.2. The van der Waals surface area contributed by atoms with Crippen molar-refractivity contribution in [2.24, 2.45) is 11.8 Å². The molecule has 0 heterocycles. The molecule has 1 amide bonds. The van der Waals surface area contributed by atoms with E-state index in [-0.39, 0.29) is 24.4 Å². The zero-order valence-corrected chi connectivity index (χ0v) is 15.9. The maximum atomic E-state index is 13.7. The SMILES string of the molecule is CC(C)C[C@H](N[C@@H](c1ccc(C#CC2CC2)cc1)C(F)(F)F)C(=O)NCC#N. The minimum atomic E-state index is -4.58. The number of carbonyl (C=O) groups is 1. The molecule has 4 nitrogen and oxygen atoms in total. The smallest absolute Gasteiger partial charge is 0.342 e. The Morgan fingerprint density at radius 1 is 1.25 bits per heavy atom. The first kappa shape index (κ1) is 21.8. The Bertz CT molecular complexity index is 765. The molecule has 0 aliphatic heterocycles. The van der Waals surface area contributed by atoms with Gasteiger partial charge in [0, 0.05) is 11.5 Å². The summed E-state index contributed by atoms with van der Waals surface area (Å²) in [5, 5.41) is 13.4. The van der Waals surface area contributed by atoms with Gasteiger partial charge in [-0.2, -0.15) is 18.4 Å². The molecule has 2 atom stereocenters. The Kier molecular flexibility index (Phi) is 7.48. The van der Waals surface area contributed by atoms with Gasteiger partial charge in [-0.25, -0.2) is 0 Å². The van der Waals surface area contributed by atoms with Gasteiger partial charge in [0.1, 0.15) is 12.6 Å². The number of benzene rings is 1. The van der Waals surface area contributed by atoms with Crippen LogP contribution >= 0.6 is 0 Å². The maximum Gasteiger partial charge on any atom is 0.407 e. The molecule has 0 bridgehead atoms. The van der Waals surface area contributed by atoms with Crippen molar-refractivity contribution in [3.05, 3.63) is 35.4 Å². The molecule has 1 saturated carbocycles. The number of hydrogen-bond donors (Lipinski definition) is 2. The van der Waals surface area contributed by atoms with E-state index in [9.17, 15) is 18.0 Å². The van der Waals surface area contributed by atoms with Gasteiger partial charge in [-0.1, -0.05) is 37.8 Å². The van der Waals surface area contributed by atoms with E-state index < -0.39 is 24.2 Å². The van der Waals surface area contributed by atoms with Crippen LogP contribution in [0.5, 0.6) is 0 Å². The minimum absolute atomic E-state index is 0.000654. The topological polar surface area (TPSA) is 64.9 Å². The van der Waals surface area contributed by atoms with E-state index in [1.165, 1.54) is 12.1 Å². The fraction of sp³-hybridized carbons (Fsp3) is 0.524. The fourth-order valence-electron chi connectivity index (χ4n) is 2.72. The average molecular weight is 391 g/mol. The molecule has 0 aromatic heterocycles. The highest BCUT2D eigenvalue weighted by Gasteiger charge is 2.42. The molecule has 2 rings (SSSR count). The molecule has 2 N–H and O–H groups in total. The predicted octanol–water partition coefficient (Wildman–Crippen LogP) is 3.70. The third kappa shape index (κ3) is 6.90. The number of carbonyl (C=O) groups excluding carboxylic acids is 1. The molecule has 0 radical (unpaired) electrons. The molecular weight excluding hydrogens is 367 g/mol. The summed E-state index contributed by atoms with van der Waals surface area (Å²) in [5.74, 6) is 5.84. The van der Waals surface area contributed by atoms with Gasteiger partial charge < -0.3 is 5.32 Å². The molecule has 0 unspecified atom stereocenters. The first-order chi connectivity index (χ1) is 13.2. The lowest BCUT2D eigenvalue weighted by molar-refractivity contribution is -0.161. The van der Waals surface area contributed by atoms with E-state index >= 15 is 0 Å². The Hall–Kier alpha value is -2.51. The Morgan fingerprint density at radius 2 is 1.89 bits per heavy atom. The lowest BCUT2D eigenvalue weighted by atomic mass is 9.99. The predicted molar refractivity (Wildman–Crippen MR) is 99.8 cm³/mol. The fourth-order valence-corrected chi connectivity index (χ4v) is 2.72. The molecule has 1 aromatic rings. The second-order valence-corrected chi connectivity index (χ2v) is 7.36. The van der Waals surface area contributed by atoms with E-state index in [0.29, 0.717) is 11.5 Å². The highest BCUT2D eigenvalue weighted by Crippen LogP contribution is 2.34. The summed E-state index contributed by atoms with van der Waals surface area (Å²) in [7, 11) is 0. The molecule has 28 heavy (non-hydrogen) atoms. The van der Waals surface area contributed by atoms with Crippen LogP contribution in [0, 0.1) is 35.0 Å². The van der Waals surface area contributed by atoms with Crippen LogP contribution in [0.1, 0.15) is 50.3 Å². The van der Waals surface area contributed by atoms with Gasteiger partial charge >= 0.3 is 6.18 Å². The number of hydrogen-bond acceptors (Lipinski definition) is 3. The van der Waals surface area contributed by atoms with Crippen molar-refractivity contribution in [3.8, 4) is 17.9 Å². The van der Waals surface area contributed by atoms with Crippen molar-refractivity contribution < 1.29 is 18.0 Å². The third-order valence-corrected chi connectivity index (χ3v) is 4.30. The third-order valence-electron chi connectivity index (χ3n) is 4.30. The number of rotatable bonds is 7. The Labute approximate surface area is 163 Å². The maximum absolute atomic E-state index is 13.7. The van der Waals surface area contributed by atoms with Crippen LogP contribution < -0.4 is 10.6 Å². The quantitative estimate of drug-likeness (QED) is 0.550. The van der Waals surface area contributed by atoms with Crippen molar-refractivity contribution in [1.29, 1.82) is 5.26 Å². The number of alkyl halides is 3. The van der Waals surface area contributed by atoms with Gasteiger partial charge in [0.25, 0.3) is 0 Å². The summed E-state index contributed by atoms with van der Waals surface area (Å²) in [6.07, 6.45) is -2.20. The van der Waals surface area contributed by atoms with Gasteiger partial charge in [0.05, 0.1) is 12.1 Å². The largest absolute Gasteiger partial charge is 0.407 e. The van der Waals surface area contributed by atoms with Crippen molar-refractivity contribution in [3.63, 3.8) is 0 Å². The molecule has 1 aromatic carbocycles. The van der Waals surface area contributed by atoms with Gasteiger partial charge in [0.2, 0.25) is 5.91 Å². The van der Waals surface area contributed by atoms with Gasteiger partial charge in [-0.15, -0.1) is 0 Å². The van der Waals surface area contributed by atoms with E-state index in [1.54, 1.807) is 18.2 Å². The first-order valence-electron chi connectivity index (χ1n) is 9.29. The number of amides is 1. The Balaban J connectivity index is 2.20. The van der Waals surface area contributed by atoms with Crippen LogP contribution in [-0.4, -0.2) is 24.7 Å². The lowest BCUT2D eigenvalue weighted by Gasteiger charge is -2.28. The van der Waals surface area contributed by atoms with Gasteiger partial charge in [-0.3, -0.25) is 10.1 Å². The monoisotopic (exact) mass is 391 g/mol. The van der Waals surface area contributed by atoms with Crippen LogP contribution in [-0.2, 0) is 4.79 Å². The van der Waals surface area contributed by atoms with Crippen LogP contribution in [0.4, 0.5) is 13.2 Å². The van der Waals surface area contributed by atoms with E-state index in [0.717, 1.165) is 12.8 Å². The minimum Gasteiger partial charge on any atom is -0.342 e. The van der Waals surface area contributed by atoms with Crippen molar-refractivity contribution in [2.45, 2.75) is 51.4 Å². The van der Waals surface area contributed by atoms with Crippen LogP contribution in [0.3, 0.4) is 0 Å². The summed E-state index contributed by atoms with van der Waals surface area (Å²) in [5.41, 5.74) is 0.688.